The molecule has 1 heterocycles. The van der Waals surface area contributed by atoms with Crippen LogP contribution in [0.4, 0.5) is 0 Å². The Hall–Kier alpha value is -0.630. The normalized spacial score (nSPS) is 36.9. The van der Waals surface area contributed by atoms with E-state index in [9.17, 15) is 5.26 Å². The van der Waals surface area contributed by atoms with Crippen molar-refractivity contribution in [2.24, 2.45) is 0 Å². The van der Waals surface area contributed by atoms with Crippen LogP contribution in [-0.2, 0) is 4.74 Å². The van der Waals surface area contributed by atoms with E-state index in [4.69, 9.17) is 4.74 Å². The first kappa shape index (κ1) is 14.8. The number of nitrogens with one attached hydrogen (secondary N) is 1. The van der Waals surface area contributed by atoms with Crippen molar-refractivity contribution in [3.8, 4) is 6.07 Å². The first-order valence-electron chi connectivity index (χ1n) is 7.69. The third-order valence-corrected chi connectivity index (χ3v) is 4.75. The zero-order valence-corrected chi connectivity index (χ0v) is 12.3. The van der Waals surface area contributed by atoms with Gasteiger partial charge in [0.25, 0.3) is 0 Å². The highest BCUT2D eigenvalue weighted by Gasteiger charge is 2.38. The molecular formula is C15H27N3O. The van der Waals surface area contributed by atoms with Crippen LogP contribution in [0.5, 0.6) is 0 Å². The highest BCUT2D eigenvalue weighted by Crippen LogP contribution is 2.32. The molecule has 1 saturated carbocycles. The van der Waals surface area contributed by atoms with E-state index < -0.39 is 0 Å². The monoisotopic (exact) mass is 265 g/mol. The molecule has 4 nitrogen and oxygen atoms in total. The van der Waals surface area contributed by atoms with Gasteiger partial charge in [0.05, 0.1) is 12.2 Å². The van der Waals surface area contributed by atoms with E-state index in [-0.39, 0.29) is 5.54 Å². The standard InChI is InChI=1S/C15H27N3O/c1-3-19-14-7-5-9-18(11-14)13-6-4-8-15(10-13,12-16)17-2/h13-14,17H,3-11H2,1-2H3. The van der Waals surface area contributed by atoms with Gasteiger partial charge in [-0.1, -0.05) is 0 Å². The quantitative estimate of drug-likeness (QED) is 0.843. The van der Waals surface area contributed by atoms with Crippen LogP contribution in [0.3, 0.4) is 0 Å². The second-order valence-corrected chi connectivity index (χ2v) is 5.91. The Kier molecular flexibility index (Phi) is 5.20. The topological polar surface area (TPSA) is 48.3 Å². The molecule has 0 radical (unpaired) electrons. The molecule has 1 aliphatic heterocycles. The Morgan fingerprint density at radius 3 is 2.95 bits per heavy atom. The van der Waals surface area contributed by atoms with Gasteiger partial charge in [-0.25, -0.2) is 0 Å². The highest BCUT2D eigenvalue weighted by molar-refractivity contribution is 5.10. The number of nitriles is 1. The van der Waals surface area contributed by atoms with Gasteiger partial charge in [-0.2, -0.15) is 5.26 Å². The lowest BCUT2D eigenvalue weighted by Crippen LogP contribution is -2.54. The molecule has 3 unspecified atom stereocenters. The summed E-state index contributed by atoms with van der Waals surface area (Å²) in [5.74, 6) is 0. The van der Waals surface area contributed by atoms with E-state index in [2.05, 4.69) is 23.2 Å². The van der Waals surface area contributed by atoms with Crippen LogP contribution in [0.25, 0.3) is 0 Å². The lowest BCUT2D eigenvalue weighted by atomic mass is 9.79. The molecule has 2 fully saturated rings. The summed E-state index contributed by atoms with van der Waals surface area (Å²) in [6.45, 7) is 5.09. The van der Waals surface area contributed by atoms with Crippen LogP contribution >= 0.6 is 0 Å². The third-order valence-electron chi connectivity index (χ3n) is 4.75. The van der Waals surface area contributed by atoms with Gasteiger partial charge in [0.1, 0.15) is 5.54 Å². The van der Waals surface area contributed by atoms with E-state index in [1.807, 2.05) is 7.05 Å². The van der Waals surface area contributed by atoms with Crippen molar-refractivity contribution < 1.29 is 4.74 Å². The summed E-state index contributed by atoms with van der Waals surface area (Å²) in [6.07, 6.45) is 7.12. The average molecular weight is 265 g/mol. The van der Waals surface area contributed by atoms with Crippen molar-refractivity contribution in [2.75, 3.05) is 26.7 Å². The van der Waals surface area contributed by atoms with Crippen LogP contribution in [0.15, 0.2) is 0 Å². The first-order chi connectivity index (χ1) is 9.23. The number of ether oxygens (including phenoxy) is 1. The fourth-order valence-electron chi connectivity index (χ4n) is 3.61. The van der Waals surface area contributed by atoms with Gasteiger partial charge in [0.15, 0.2) is 0 Å². The van der Waals surface area contributed by atoms with Crippen LogP contribution in [0, 0.1) is 11.3 Å². The number of piperidine rings is 1. The van der Waals surface area contributed by atoms with Gasteiger partial charge < -0.3 is 10.1 Å². The van der Waals surface area contributed by atoms with E-state index in [0.717, 1.165) is 32.4 Å². The predicted molar refractivity (Wildman–Crippen MR) is 75.9 cm³/mol. The largest absolute Gasteiger partial charge is 0.377 e. The molecular weight excluding hydrogens is 238 g/mol. The van der Waals surface area contributed by atoms with Gasteiger partial charge in [-0.05, 0) is 59.0 Å². The van der Waals surface area contributed by atoms with E-state index in [0.29, 0.717) is 12.1 Å². The first-order valence-corrected chi connectivity index (χ1v) is 7.69. The summed E-state index contributed by atoms with van der Waals surface area (Å²) in [4.78, 5) is 2.56. The molecule has 0 amide bonds. The van der Waals surface area contributed by atoms with Crippen molar-refractivity contribution in [3.05, 3.63) is 0 Å². The number of rotatable bonds is 4. The Morgan fingerprint density at radius 2 is 2.26 bits per heavy atom. The molecule has 2 aliphatic rings. The summed E-state index contributed by atoms with van der Waals surface area (Å²) >= 11 is 0. The third kappa shape index (κ3) is 3.47. The lowest BCUT2D eigenvalue weighted by molar-refractivity contribution is -0.0166. The van der Waals surface area contributed by atoms with Crippen LogP contribution in [-0.4, -0.2) is 49.3 Å². The van der Waals surface area contributed by atoms with Crippen molar-refractivity contribution in [2.45, 2.75) is 63.1 Å². The van der Waals surface area contributed by atoms with Crippen LogP contribution < -0.4 is 5.32 Å². The second-order valence-electron chi connectivity index (χ2n) is 5.91. The molecule has 19 heavy (non-hydrogen) atoms. The Bertz CT molecular complexity index is 326. The summed E-state index contributed by atoms with van der Waals surface area (Å²) in [5.41, 5.74) is -0.304. The average Bonchev–Trinajstić information content (AvgIpc) is 2.48. The molecule has 0 bridgehead atoms. The zero-order valence-electron chi connectivity index (χ0n) is 12.3. The summed E-state index contributed by atoms with van der Waals surface area (Å²) in [7, 11) is 1.92. The predicted octanol–water partition coefficient (Wildman–Crippen LogP) is 1.91. The molecule has 1 N–H and O–H groups in total. The minimum Gasteiger partial charge on any atom is -0.377 e. The van der Waals surface area contributed by atoms with Gasteiger partial charge in [0, 0.05) is 19.2 Å². The minimum absolute atomic E-state index is 0.304. The fraction of sp³-hybridized carbons (Fsp3) is 0.933. The van der Waals surface area contributed by atoms with Crippen molar-refractivity contribution in [1.29, 1.82) is 5.26 Å². The van der Waals surface area contributed by atoms with Crippen molar-refractivity contribution in [1.82, 2.24) is 10.2 Å². The fourth-order valence-corrected chi connectivity index (χ4v) is 3.61. The number of likely N-dealkylation sites (tertiary alicyclic amines) is 1. The summed E-state index contributed by atoms with van der Waals surface area (Å²) in [5, 5.41) is 12.7. The molecule has 3 atom stereocenters. The van der Waals surface area contributed by atoms with Gasteiger partial charge >= 0.3 is 0 Å². The number of nitrogens with zero attached hydrogens (tertiary/aromatic N) is 2. The van der Waals surface area contributed by atoms with Crippen LogP contribution in [0.2, 0.25) is 0 Å². The van der Waals surface area contributed by atoms with E-state index in [1.165, 1.54) is 25.8 Å². The van der Waals surface area contributed by atoms with Gasteiger partial charge in [-0.3, -0.25) is 4.90 Å². The molecule has 0 aromatic carbocycles. The molecule has 4 heteroatoms. The van der Waals surface area contributed by atoms with E-state index in [1.54, 1.807) is 0 Å². The van der Waals surface area contributed by atoms with Crippen molar-refractivity contribution >= 4 is 0 Å². The van der Waals surface area contributed by atoms with Gasteiger partial charge in [0.2, 0.25) is 0 Å². The Morgan fingerprint density at radius 1 is 1.42 bits per heavy atom. The zero-order chi connectivity index (χ0) is 13.7. The maximum Gasteiger partial charge on any atom is 0.108 e. The summed E-state index contributed by atoms with van der Waals surface area (Å²) < 4.78 is 5.79. The molecule has 1 aliphatic carbocycles. The van der Waals surface area contributed by atoms with Crippen molar-refractivity contribution in [3.63, 3.8) is 0 Å². The number of hydrogen-bond donors (Lipinski definition) is 1. The molecule has 2 rings (SSSR count). The molecule has 0 aromatic heterocycles. The van der Waals surface area contributed by atoms with Crippen LogP contribution in [0.1, 0.15) is 45.4 Å². The number of hydrogen-bond acceptors (Lipinski definition) is 4. The molecule has 0 spiro atoms. The minimum atomic E-state index is -0.304. The second kappa shape index (κ2) is 6.69. The smallest absolute Gasteiger partial charge is 0.108 e. The Balaban J connectivity index is 1.95. The Labute approximate surface area is 117 Å². The van der Waals surface area contributed by atoms with Gasteiger partial charge in [-0.15, -0.1) is 0 Å². The summed E-state index contributed by atoms with van der Waals surface area (Å²) in [6, 6.07) is 3.05. The maximum absolute atomic E-state index is 9.44. The lowest BCUT2D eigenvalue weighted by Gasteiger charge is -2.44. The SMILES string of the molecule is CCOC1CCCN(C2CCCC(C#N)(NC)C2)C1. The highest BCUT2D eigenvalue weighted by atomic mass is 16.5. The maximum atomic E-state index is 9.44. The molecule has 108 valence electrons. The molecule has 1 saturated heterocycles. The van der Waals surface area contributed by atoms with E-state index >= 15 is 0 Å². The molecule has 0 aromatic rings.